The zero-order valence-corrected chi connectivity index (χ0v) is 13.6. The highest BCUT2D eigenvalue weighted by atomic mass is 79.9. The van der Waals surface area contributed by atoms with E-state index in [0.717, 1.165) is 23.5 Å². The summed E-state index contributed by atoms with van der Waals surface area (Å²) in [4.78, 5) is 5.22. The molecule has 0 spiro atoms. The lowest BCUT2D eigenvalue weighted by Crippen LogP contribution is -2.48. The molecule has 0 bridgehead atoms. The molecule has 2 fully saturated rings. The highest BCUT2D eigenvalue weighted by Crippen LogP contribution is 2.29. The Morgan fingerprint density at radius 1 is 1.05 bits per heavy atom. The summed E-state index contributed by atoms with van der Waals surface area (Å²) < 4.78 is 1.15. The van der Waals surface area contributed by atoms with Gasteiger partial charge in [-0.1, -0.05) is 12.1 Å². The average Bonchev–Trinajstić information content (AvgIpc) is 3.27. The van der Waals surface area contributed by atoms with Gasteiger partial charge in [0, 0.05) is 56.0 Å². The van der Waals surface area contributed by atoms with Crippen molar-refractivity contribution in [2.75, 3.05) is 51.1 Å². The molecule has 2 aliphatic rings. The maximum absolute atomic E-state index is 3.58. The predicted molar refractivity (Wildman–Crippen MR) is 88.2 cm³/mol. The molecule has 110 valence electrons. The van der Waals surface area contributed by atoms with E-state index < -0.39 is 0 Å². The molecule has 20 heavy (non-hydrogen) atoms. The number of hydrogen-bond donors (Lipinski definition) is 1. The van der Waals surface area contributed by atoms with Crippen LogP contribution in [0, 0.1) is 5.92 Å². The first-order valence-corrected chi connectivity index (χ1v) is 8.53. The van der Waals surface area contributed by atoms with E-state index >= 15 is 0 Å². The Kier molecular flexibility index (Phi) is 4.97. The van der Waals surface area contributed by atoms with Crippen molar-refractivity contribution in [2.24, 2.45) is 5.92 Å². The van der Waals surface area contributed by atoms with E-state index in [1.807, 2.05) is 6.07 Å². The van der Waals surface area contributed by atoms with Crippen molar-refractivity contribution in [1.82, 2.24) is 9.80 Å². The molecule has 3 rings (SSSR count). The molecule has 0 unspecified atom stereocenters. The van der Waals surface area contributed by atoms with Gasteiger partial charge < -0.3 is 10.2 Å². The topological polar surface area (TPSA) is 18.5 Å². The fourth-order valence-corrected chi connectivity index (χ4v) is 3.24. The summed E-state index contributed by atoms with van der Waals surface area (Å²) >= 11 is 3.58. The lowest BCUT2D eigenvalue weighted by atomic mass is 10.2. The van der Waals surface area contributed by atoms with Gasteiger partial charge in [0.25, 0.3) is 0 Å². The number of para-hydroxylation sites is 1. The quantitative estimate of drug-likeness (QED) is 0.861. The molecule has 3 nitrogen and oxygen atoms in total. The van der Waals surface area contributed by atoms with Gasteiger partial charge in [0.2, 0.25) is 0 Å². The van der Waals surface area contributed by atoms with E-state index in [1.165, 1.54) is 51.3 Å². The minimum atomic E-state index is 1.02. The highest BCUT2D eigenvalue weighted by molar-refractivity contribution is 9.10. The van der Waals surface area contributed by atoms with Crippen LogP contribution in [-0.2, 0) is 0 Å². The number of anilines is 1. The van der Waals surface area contributed by atoms with Crippen LogP contribution in [0.25, 0.3) is 0 Å². The maximum atomic E-state index is 3.58. The molecule has 1 aliphatic heterocycles. The van der Waals surface area contributed by atoms with Crippen LogP contribution in [0.1, 0.15) is 12.8 Å². The number of halogens is 1. The minimum Gasteiger partial charge on any atom is -0.383 e. The van der Waals surface area contributed by atoms with Crippen LogP contribution in [0.3, 0.4) is 0 Å². The molecule has 1 aromatic carbocycles. The van der Waals surface area contributed by atoms with Crippen LogP contribution in [0.2, 0.25) is 0 Å². The molecule has 1 aliphatic carbocycles. The van der Waals surface area contributed by atoms with Crippen molar-refractivity contribution in [3.05, 3.63) is 28.7 Å². The molecule has 0 amide bonds. The molecule has 0 radical (unpaired) electrons. The normalized spacial score (nSPS) is 21.1. The summed E-state index contributed by atoms with van der Waals surface area (Å²) in [6, 6.07) is 8.33. The van der Waals surface area contributed by atoms with E-state index in [2.05, 4.69) is 49.2 Å². The van der Waals surface area contributed by atoms with E-state index in [4.69, 9.17) is 0 Å². The standard InChI is InChI=1S/C16H24BrN3/c17-15-3-1-2-4-16(15)18-7-8-19-9-11-20(12-10-19)13-14-5-6-14/h1-4,14,18H,5-13H2. The van der Waals surface area contributed by atoms with Crippen molar-refractivity contribution in [1.29, 1.82) is 0 Å². The molecular formula is C16H24BrN3. The second kappa shape index (κ2) is 6.92. The summed E-state index contributed by atoms with van der Waals surface area (Å²) in [5.74, 6) is 1.03. The Morgan fingerprint density at radius 3 is 2.45 bits per heavy atom. The Labute approximate surface area is 130 Å². The number of rotatable bonds is 6. The van der Waals surface area contributed by atoms with E-state index in [-0.39, 0.29) is 0 Å². The van der Waals surface area contributed by atoms with Gasteiger partial charge in [-0.3, -0.25) is 4.90 Å². The lowest BCUT2D eigenvalue weighted by molar-refractivity contribution is 0.132. The first-order valence-electron chi connectivity index (χ1n) is 7.74. The third-order valence-corrected chi connectivity index (χ3v) is 4.99. The summed E-state index contributed by atoms with van der Waals surface area (Å²) in [5, 5.41) is 3.51. The van der Waals surface area contributed by atoms with Crippen LogP contribution >= 0.6 is 15.9 Å². The van der Waals surface area contributed by atoms with Crippen molar-refractivity contribution in [2.45, 2.75) is 12.8 Å². The summed E-state index contributed by atoms with van der Waals surface area (Å²) in [6.07, 6.45) is 2.94. The fourth-order valence-electron chi connectivity index (χ4n) is 2.81. The third kappa shape index (κ3) is 4.21. The summed E-state index contributed by atoms with van der Waals surface area (Å²) in [7, 11) is 0. The average molecular weight is 338 g/mol. The minimum absolute atomic E-state index is 1.02. The number of nitrogens with one attached hydrogen (secondary N) is 1. The fraction of sp³-hybridized carbons (Fsp3) is 0.625. The molecule has 0 atom stereocenters. The van der Waals surface area contributed by atoms with Gasteiger partial charge in [-0.2, -0.15) is 0 Å². The van der Waals surface area contributed by atoms with Gasteiger partial charge in [-0.15, -0.1) is 0 Å². The van der Waals surface area contributed by atoms with Crippen LogP contribution < -0.4 is 5.32 Å². The van der Waals surface area contributed by atoms with Crippen molar-refractivity contribution >= 4 is 21.6 Å². The molecule has 1 saturated carbocycles. The first kappa shape index (κ1) is 14.4. The molecule has 0 aromatic heterocycles. The molecule has 1 N–H and O–H groups in total. The van der Waals surface area contributed by atoms with Gasteiger partial charge in [0.1, 0.15) is 0 Å². The molecular weight excluding hydrogens is 314 g/mol. The van der Waals surface area contributed by atoms with Crippen LogP contribution in [0.4, 0.5) is 5.69 Å². The Morgan fingerprint density at radius 2 is 1.75 bits per heavy atom. The number of nitrogens with zero attached hydrogens (tertiary/aromatic N) is 2. The highest BCUT2D eigenvalue weighted by Gasteiger charge is 2.26. The maximum Gasteiger partial charge on any atom is 0.0485 e. The summed E-state index contributed by atoms with van der Waals surface area (Å²) in [6.45, 7) is 8.47. The van der Waals surface area contributed by atoms with Gasteiger partial charge >= 0.3 is 0 Å². The van der Waals surface area contributed by atoms with Gasteiger partial charge in [0.05, 0.1) is 0 Å². The number of benzene rings is 1. The number of piperazine rings is 1. The van der Waals surface area contributed by atoms with Crippen molar-refractivity contribution in [3.63, 3.8) is 0 Å². The van der Waals surface area contributed by atoms with E-state index in [0.29, 0.717) is 0 Å². The second-order valence-corrected chi connectivity index (χ2v) is 6.85. The van der Waals surface area contributed by atoms with Crippen LogP contribution in [-0.4, -0.2) is 55.6 Å². The molecule has 1 aromatic rings. The van der Waals surface area contributed by atoms with Gasteiger partial charge in [-0.25, -0.2) is 0 Å². The number of hydrogen-bond acceptors (Lipinski definition) is 3. The second-order valence-electron chi connectivity index (χ2n) is 5.99. The van der Waals surface area contributed by atoms with E-state index in [9.17, 15) is 0 Å². The van der Waals surface area contributed by atoms with Crippen molar-refractivity contribution in [3.8, 4) is 0 Å². The SMILES string of the molecule is Brc1ccccc1NCCN1CCN(CC2CC2)CC1. The Balaban J connectivity index is 1.34. The zero-order chi connectivity index (χ0) is 13.8. The van der Waals surface area contributed by atoms with Crippen LogP contribution in [0.15, 0.2) is 28.7 Å². The monoisotopic (exact) mass is 337 g/mol. The first-order chi connectivity index (χ1) is 9.81. The Bertz CT molecular complexity index is 425. The lowest BCUT2D eigenvalue weighted by Gasteiger charge is -2.34. The molecule has 1 heterocycles. The third-order valence-electron chi connectivity index (χ3n) is 4.30. The van der Waals surface area contributed by atoms with E-state index in [1.54, 1.807) is 0 Å². The molecule has 1 saturated heterocycles. The van der Waals surface area contributed by atoms with Crippen molar-refractivity contribution < 1.29 is 0 Å². The largest absolute Gasteiger partial charge is 0.383 e. The van der Waals surface area contributed by atoms with Crippen LogP contribution in [0.5, 0.6) is 0 Å². The Hall–Kier alpha value is -0.580. The van der Waals surface area contributed by atoms with Gasteiger partial charge in [-0.05, 0) is 46.8 Å². The molecule has 4 heteroatoms. The predicted octanol–water partition coefficient (Wildman–Crippen LogP) is 2.89. The van der Waals surface area contributed by atoms with Gasteiger partial charge in [0.15, 0.2) is 0 Å². The smallest absolute Gasteiger partial charge is 0.0485 e. The zero-order valence-electron chi connectivity index (χ0n) is 12.0. The summed E-state index contributed by atoms with van der Waals surface area (Å²) in [5.41, 5.74) is 1.19.